The van der Waals surface area contributed by atoms with Crippen molar-refractivity contribution in [2.45, 2.75) is 49.9 Å². The lowest BCUT2D eigenvalue weighted by Gasteiger charge is -2.58. The quantitative estimate of drug-likeness (QED) is 0.264. The van der Waals surface area contributed by atoms with Crippen LogP contribution in [0.1, 0.15) is 54.7 Å². The molecule has 0 aliphatic heterocycles. The fraction of sp³-hybridized carbons (Fsp3) is 0.500. The SMILES string of the molecule is COC(=O)C1(C(=O)OC)C[C@]2(c3ccc(Br)cc3)[C@@H](CC=O)CC[C@@H]2[C@@H]2CCc3cc(OC)ccc3[C@@H]21. The van der Waals surface area contributed by atoms with Crippen LogP contribution >= 0.6 is 15.9 Å². The topological polar surface area (TPSA) is 78.9 Å². The first-order valence-electron chi connectivity index (χ1n) is 12.9. The van der Waals surface area contributed by atoms with Crippen molar-refractivity contribution in [3.8, 4) is 5.75 Å². The van der Waals surface area contributed by atoms with Gasteiger partial charge in [-0.2, -0.15) is 0 Å². The van der Waals surface area contributed by atoms with Crippen LogP contribution in [0.3, 0.4) is 0 Å². The molecule has 7 heteroatoms. The first kappa shape index (κ1) is 26.0. The second-order valence-electron chi connectivity index (χ2n) is 10.7. The summed E-state index contributed by atoms with van der Waals surface area (Å²) in [5.41, 5.74) is 1.09. The summed E-state index contributed by atoms with van der Waals surface area (Å²) in [4.78, 5) is 39.8. The molecule has 2 saturated carbocycles. The fourth-order valence-corrected chi connectivity index (χ4v) is 8.52. The number of rotatable bonds is 6. The van der Waals surface area contributed by atoms with Gasteiger partial charge in [0.25, 0.3) is 0 Å². The lowest BCUT2D eigenvalue weighted by Crippen LogP contribution is -2.61. The fourth-order valence-electron chi connectivity index (χ4n) is 8.26. The number of aldehydes is 1. The van der Waals surface area contributed by atoms with Gasteiger partial charge in [-0.3, -0.25) is 9.59 Å². The van der Waals surface area contributed by atoms with Crippen molar-refractivity contribution in [2.75, 3.05) is 21.3 Å². The van der Waals surface area contributed by atoms with E-state index in [0.717, 1.165) is 58.9 Å². The first-order valence-corrected chi connectivity index (χ1v) is 13.7. The number of hydrogen-bond acceptors (Lipinski definition) is 6. The van der Waals surface area contributed by atoms with E-state index < -0.39 is 22.8 Å². The van der Waals surface area contributed by atoms with Gasteiger partial charge in [-0.05, 0) is 90.8 Å². The van der Waals surface area contributed by atoms with Crippen LogP contribution in [-0.2, 0) is 35.7 Å². The molecule has 37 heavy (non-hydrogen) atoms. The van der Waals surface area contributed by atoms with Gasteiger partial charge in [-0.25, -0.2) is 0 Å². The Bertz CT molecular complexity index is 1190. The highest BCUT2D eigenvalue weighted by Crippen LogP contribution is 2.70. The number of carbonyl (C=O) groups excluding carboxylic acids is 3. The van der Waals surface area contributed by atoms with Gasteiger partial charge in [-0.1, -0.05) is 34.1 Å². The van der Waals surface area contributed by atoms with Crippen LogP contribution in [-0.4, -0.2) is 39.6 Å². The Morgan fingerprint density at radius 2 is 1.70 bits per heavy atom. The van der Waals surface area contributed by atoms with Crippen molar-refractivity contribution >= 4 is 34.2 Å². The Kier molecular flexibility index (Phi) is 6.94. The maximum absolute atomic E-state index is 13.9. The van der Waals surface area contributed by atoms with Gasteiger partial charge in [0.1, 0.15) is 12.0 Å². The highest BCUT2D eigenvalue weighted by Gasteiger charge is 2.71. The van der Waals surface area contributed by atoms with Crippen molar-refractivity contribution in [2.24, 2.45) is 23.2 Å². The van der Waals surface area contributed by atoms with Crippen molar-refractivity contribution in [1.29, 1.82) is 0 Å². The molecule has 2 fully saturated rings. The molecule has 5 atom stereocenters. The van der Waals surface area contributed by atoms with E-state index in [1.54, 1.807) is 7.11 Å². The highest BCUT2D eigenvalue weighted by atomic mass is 79.9. The zero-order valence-electron chi connectivity index (χ0n) is 21.5. The Labute approximate surface area is 226 Å². The van der Waals surface area contributed by atoms with Gasteiger partial charge in [0.2, 0.25) is 0 Å². The molecule has 0 amide bonds. The minimum atomic E-state index is -1.53. The summed E-state index contributed by atoms with van der Waals surface area (Å²) in [6.45, 7) is 0. The van der Waals surface area contributed by atoms with E-state index >= 15 is 0 Å². The van der Waals surface area contributed by atoms with E-state index in [1.165, 1.54) is 14.2 Å². The Balaban J connectivity index is 1.80. The van der Waals surface area contributed by atoms with Crippen LogP contribution in [0.5, 0.6) is 5.75 Å². The largest absolute Gasteiger partial charge is 0.497 e. The second-order valence-corrected chi connectivity index (χ2v) is 11.6. The number of fused-ring (bicyclic) bond motifs is 5. The number of halogens is 1. The first-order chi connectivity index (χ1) is 17.9. The number of aryl methyl sites for hydroxylation is 1. The third kappa shape index (κ3) is 3.76. The molecular weight excluding hydrogens is 536 g/mol. The van der Waals surface area contributed by atoms with E-state index in [9.17, 15) is 14.4 Å². The predicted molar refractivity (Wildman–Crippen MR) is 141 cm³/mol. The Morgan fingerprint density at radius 1 is 1.00 bits per heavy atom. The number of carbonyl (C=O) groups is 3. The maximum atomic E-state index is 13.9. The second kappa shape index (κ2) is 9.90. The minimum Gasteiger partial charge on any atom is -0.497 e. The van der Waals surface area contributed by atoms with Gasteiger partial charge in [-0.15, -0.1) is 0 Å². The minimum absolute atomic E-state index is 0.0167. The maximum Gasteiger partial charge on any atom is 0.323 e. The molecule has 0 unspecified atom stereocenters. The normalized spacial score (nSPS) is 29.3. The molecule has 5 rings (SSSR count). The molecule has 0 N–H and O–H groups in total. The molecule has 0 aromatic heterocycles. The summed E-state index contributed by atoms with van der Waals surface area (Å²) >= 11 is 3.55. The van der Waals surface area contributed by atoms with Crippen LogP contribution in [0.4, 0.5) is 0 Å². The monoisotopic (exact) mass is 568 g/mol. The third-order valence-corrected chi connectivity index (χ3v) is 10.1. The molecule has 2 aromatic carbocycles. The van der Waals surface area contributed by atoms with E-state index in [0.29, 0.717) is 6.42 Å². The number of hydrogen-bond donors (Lipinski definition) is 0. The Hall–Kier alpha value is -2.67. The summed E-state index contributed by atoms with van der Waals surface area (Å²) in [6.07, 6.45) is 5.10. The van der Waals surface area contributed by atoms with Crippen LogP contribution in [0.15, 0.2) is 46.9 Å². The highest BCUT2D eigenvalue weighted by molar-refractivity contribution is 9.10. The van der Waals surface area contributed by atoms with Gasteiger partial charge in [0, 0.05) is 22.2 Å². The van der Waals surface area contributed by atoms with E-state index in [4.69, 9.17) is 14.2 Å². The number of esters is 2. The van der Waals surface area contributed by atoms with E-state index in [-0.39, 0.29) is 30.1 Å². The summed E-state index contributed by atoms with van der Waals surface area (Å²) in [6, 6.07) is 14.1. The molecule has 0 radical (unpaired) electrons. The van der Waals surface area contributed by atoms with E-state index in [1.807, 2.05) is 30.3 Å². The van der Waals surface area contributed by atoms with Crippen molar-refractivity contribution in [1.82, 2.24) is 0 Å². The number of ether oxygens (including phenoxy) is 3. The van der Waals surface area contributed by atoms with Crippen LogP contribution in [0, 0.1) is 23.2 Å². The predicted octanol–water partition coefficient (Wildman–Crippen LogP) is 5.39. The summed E-state index contributed by atoms with van der Waals surface area (Å²) in [5.74, 6) is -0.483. The lowest BCUT2D eigenvalue weighted by molar-refractivity contribution is -0.182. The van der Waals surface area contributed by atoms with Crippen molar-refractivity contribution in [3.05, 3.63) is 63.6 Å². The van der Waals surface area contributed by atoms with Crippen molar-refractivity contribution in [3.63, 3.8) is 0 Å². The van der Waals surface area contributed by atoms with Crippen LogP contribution < -0.4 is 4.74 Å². The Morgan fingerprint density at radius 3 is 2.32 bits per heavy atom. The molecule has 0 spiro atoms. The molecule has 0 heterocycles. The third-order valence-electron chi connectivity index (χ3n) is 9.56. The number of benzene rings is 2. The lowest BCUT2D eigenvalue weighted by atomic mass is 9.43. The molecule has 196 valence electrons. The molecule has 0 bridgehead atoms. The van der Waals surface area contributed by atoms with Crippen molar-refractivity contribution < 1.29 is 28.6 Å². The molecule has 3 aliphatic carbocycles. The molecule has 2 aromatic rings. The summed E-state index contributed by atoms with van der Waals surface area (Å²) in [7, 11) is 4.32. The van der Waals surface area contributed by atoms with Crippen LogP contribution in [0.2, 0.25) is 0 Å². The van der Waals surface area contributed by atoms with Gasteiger partial charge >= 0.3 is 11.9 Å². The zero-order valence-corrected chi connectivity index (χ0v) is 23.1. The zero-order chi connectivity index (χ0) is 26.4. The summed E-state index contributed by atoms with van der Waals surface area (Å²) in [5, 5.41) is 0. The number of methoxy groups -OCH3 is 3. The molecule has 3 aliphatic rings. The standard InChI is InChI=1S/C30H33BrO6/c1-35-22-10-12-23-18(16-22)4-11-24-25-13-7-20(14-15-32)29(25,19-5-8-21(31)9-6-19)17-30(26(23)24,27(33)36-2)28(34)37-3/h5-6,8-10,12,15-16,20,24-26H,4,7,11,13-14,17H2,1-3H3/t20-,24+,25-,26+,29+/m1/s1. The van der Waals surface area contributed by atoms with Gasteiger partial charge in [0.15, 0.2) is 5.41 Å². The summed E-state index contributed by atoms with van der Waals surface area (Å²) < 4.78 is 17.3. The van der Waals surface area contributed by atoms with Gasteiger partial charge in [0.05, 0.1) is 21.3 Å². The average molecular weight is 569 g/mol. The van der Waals surface area contributed by atoms with Gasteiger partial charge < -0.3 is 19.0 Å². The molecular formula is C30H33BrO6. The van der Waals surface area contributed by atoms with E-state index in [2.05, 4.69) is 28.1 Å². The smallest absolute Gasteiger partial charge is 0.323 e. The van der Waals surface area contributed by atoms with Crippen LogP contribution in [0.25, 0.3) is 0 Å². The molecule has 0 saturated heterocycles. The average Bonchev–Trinajstić information content (AvgIpc) is 3.30. The molecule has 6 nitrogen and oxygen atoms in total.